The van der Waals surface area contributed by atoms with Crippen LogP contribution in [0.1, 0.15) is 12.5 Å². The molecule has 1 aromatic rings. The minimum atomic E-state index is -0.507. The van der Waals surface area contributed by atoms with Crippen LogP contribution in [0.25, 0.3) is 0 Å². The van der Waals surface area contributed by atoms with Crippen LogP contribution >= 0.6 is 11.6 Å². The van der Waals surface area contributed by atoms with Gasteiger partial charge in [0.1, 0.15) is 0 Å². The summed E-state index contributed by atoms with van der Waals surface area (Å²) in [5, 5.41) is 13.9. The Hall–Kier alpha value is -1.66. The van der Waals surface area contributed by atoms with Gasteiger partial charge in [-0.25, -0.2) is 0 Å². The van der Waals surface area contributed by atoms with E-state index >= 15 is 0 Å². The quantitative estimate of drug-likeness (QED) is 0.486. The largest absolute Gasteiger partial charge is 0.465 e. The fourth-order valence-corrected chi connectivity index (χ4v) is 1.63. The van der Waals surface area contributed by atoms with Crippen LogP contribution in [0.2, 0.25) is 5.02 Å². The van der Waals surface area contributed by atoms with Crippen LogP contribution in [0.15, 0.2) is 18.2 Å². The zero-order valence-corrected chi connectivity index (χ0v) is 10.6. The highest BCUT2D eigenvalue weighted by molar-refractivity contribution is 6.31. The van der Waals surface area contributed by atoms with Gasteiger partial charge in [-0.05, 0) is 13.0 Å². The molecule has 6 nitrogen and oxygen atoms in total. The number of nitrogens with zero attached hydrogens (tertiary/aromatic N) is 1. The van der Waals surface area contributed by atoms with Gasteiger partial charge in [0.15, 0.2) is 0 Å². The predicted octanol–water partition coefficient (Wildman–Crippen LogP) is 1.90. The van der Waals surface area contributed by atoms with Gasteiger partial charge in [0.05, 0.1) is 28.7 Å². The average molecular weight is 273 g/mol. The Balaban J connectivity index is 2.67. The minimum absolute atomic E-state index is 0.0176. The normalized spacial score (nSPS) is 10.1. The Morgan fingerprint density at radius 2 is 2.28 bits per heavy atom. The summed E-state index contributed by atoms with van der Waals surface area (Å²) in [5.74, 6) is -0.410. The zero-order chi connectivity index (χ0) is 13.5. The number of rotatable bonds is 6. The Morgan fingerprint density at radius 3 is 2.89 bits per heavy atom. The lowest BCUT2D eigenvalue weighted by molar-refractivity contribution is -0.385. The minimum Gasteiger partial charge on any atom is -0.465 e. The molecule has 18 heavy (non-hydrogen) atoms. The summed E-state index contributed by atoms with van der Waals surface area (Å²) in [5.41, 5.74) is 0.285. The lowest BCUT2D eigenvalue weighted by Gasteiger charge is -2.07. The monoisotopic (exact) mass is 272 g/mol. The van der Waals surface area contributed by atoms with E-state index in [0.29, 0.717) is 17.2 Å². The molecule has 7 heteroatoms. The van der Waals surface area contributed by atoms with Crippen molar-refractivity contribution < 1.29 is 14.5 Å². The summed E-state index contributed by atoms with van der Waals surface area (Å²) in [6.45, 7) is 2.12. The van der Waals surface area contributed by atoms with E-state index in [1.165, 1.54) is 12.1 Å². The highest BCUT2D eigenvalue weighted by Crippen LogP contribution is 2.25. The van der Waals surface area contributed by atoms with Crippen molar-refractivity contribution in [3.8, 4) is 0 Å². The molecule has 0 heterocycles. The molecule has 0 aliphatic carbocycles. The highest BCUT2D eigenvalue weighted by atomic mass is 35.5. The van der Waals surface area contributed by atoms with Gasteiger partial charge in [0.25, 0.3) is 5.69 Å². The summed E-state index contributed by atoms with van der Waals surface area (Å²) >= 11 is 5.89. The smallest absolute Gasteiger partial charge is 0.319 e. The van der Waals surface area contributed by atoms with Crippen LogP contribution in [0.3, 0.4) is 0 Å². The lowest BCUT2D eigenvalue weighted by atomic mass is 10.2. The zero-order valence-electron chi connectivity index (χ0n) is 9.81. The van der Waals surface area contributed by atoms with E-state index < -0.39 is 10.9 Å². The van der Waals surface area contributed by atoms with Gasteiger partial charge in [-0.1, -0.05) is 17.7 Å². The van der Waals surface area contributed by atoms with Crippen molar-refractivity contribution in [2.45, 2.75) is 13.5 Å². The SMILES string of the molecule is CCOC(=O)CNCc1c(Cl)cccc1[N+](=O)[O-]. The van der Waals surface area contributed by atoms with Gasteiger partial charge in [-0.2, -0.15) is 0 Å². The number of esters is 1. The second kappa shape index (κ2) is 6.93. The first-order valence-electron chi connectivity index (χ1n) is 5.34. The number of hydrogen-bond donors (Lipinski definition) is 1. The summed E-state index contributed by atoms with van der Waals surface area (Å²) in [7, 11) is 0. The first-order chi connectivity index (χ1) is 8.56. The molecule has 0 radical (unpaired) electrons. The molecule has 0 aliphatic heterocycles. The second-order valence-electron chi connectivity index (χ2n) is 3.40. The third kappa shape index (κ3) is 3.97. The molecule has 0 saturated carbocycles. The maximum absolute atomic E-state index is 11.1. The van der Waals surface area contributed by atoms with E-state index in [0.717, 1.165) is 0 Å². The molecule has 0 amide bonds. The molecule has 98 valence electrons. The van der Waals surface area contributed by atoms with Crippen molar-refractivity contribution in [3.05, 3.63) is 38.9 Å². The van der Waals surface area contributed by atoms with Crippen molar-refractivity contribution in [1.82, 2.24) is 5.32 Å². The summed E-state index contributed by atoms with van der Waals surface area (Å²) in [4.78, 5) is 21.4. The Morgan fingerprint density at radius 1 is 1.56 bits per heavy atom. The molecule has 0 unspecified atom stereocenters. The van der Waals surface area contributed by atoms with Crippen molar-refractivity contribution in [1.29, 1.82) is 0 Å². The molecule has 0 spiro atoms. The maximum Gasteiger partial charge on any atom is 0.319 e. The molecule has 0 aromatic heterocycles. The molecule has 0 atom stereocenters. The van der Waals surface area contributed by atoms with Gasteiger partial charge < -0.3 is 10.1 Å². The molecular formula is C11H13ClN2O4. The van der Waals surface area contributed by atoms with Crippen molar-refractivity contribution >= 4 is 23.3 Å². The topological polar surface area (TPSA) is 81.5 Å². The molecule has 1 aromatic carbocycles. The number of ether oxygens (including phenoxy) is 1. The fourth-order valence-electron chi connectivity index (χ4n) is 1.39. The molecule has 0 bridgehead atoms. The Bertz CT molecular complexity index is 451. The second-order valence-corrected chi connectivity index (χ2v) is 3.81. The summed E-state index contributed by atoms with van der Waals surface area (Å²) < 4.78 is 4.72. The van der Waals surface area contributed by atoms with Crippen molar-refractivity contribution in [3.63, 3.8) is 0 Å². The van der Waals surface area contributed by atoms with Crippen LogP contribution < -0.4 is 5.32 Å². The van der Waals surface area contributed by atoms with Gasteiger partial charge in [0, 0.05) is 12.6 Å². The number of halogens is 1. The molecule has 1 rings (SSSR count). The van der Waals surface area contributed by atoms with E-state index in [-0.39, 0.29) is 18.8 Å². The number of carbonyl (C=O) groups is 1. The van der Waals surface area contributed by atoms with Gasteiger partial charge in [-0.3, -0.25) is 14.9 Å². The van der Waals surface area contributed by atoms with Crippen LogP contribution in [0, 0.1) is 10.1 Å². The van der Waals surface area contributed by atoms with Crippen LogP contribution in [-0.2, 0) is 16.1 Å². The third-order valence-corrected chi connectivity index (χ3v) is 2.52. The van der Waals surface area contributed by atoms with Crippen LogP contribution in [0.5, 0.6) is 0 Å². The average Bonchev–Trinajstić information content (AvgIpc) is 2.31. The number of hydrogen-bond acceptors (Lipinski definition) is 5. The van der Waals surface area contributed by atoms with Gasteiger partial charge in [0.2, 0.25) is 0 Å². The number of nitrogens with one attached hydrogen (secondary N) is 1. The van der Waals surface area contributed by atoms with Crippen molar-refractivity contribution in [2.24, 2.45) is 0 Å². The third-order valence-electron chi connectivity index (χ3n) is 2.17. The Labute approximate surface area is 109 Å². The number of carbonyl (C=O) groups excluding carboxylic acids is 1. The number of nitro groups is 1. The van der Waals surface area contributed by atoms with E-state index in [2.05, 4.69) is 5.32 Å². The number of nitro benzene ring substituents is 1. The summed E-state index contributed by atoms with van der Waals surface area (Å²) in [6, 6.07) is 4.44. The Kier molecular flexibility index (Phi) is 5.54. The van der Waals surface area contributed by atoms with Gasteiger partial charge in [-0.15, -0.1) is 0 Å². The van der Waals surface area contributed by atoms with E-state index in [4.69, 9.17) is 16.3 Å². The maximum atomic E-state index is 11.1. The standard InChI is InChI=1S/C11H13ClN2O4/c1-2-18-11(15)7-13-6-8-9(12)4-3-5-10(8)14(16)17/h3-5,13H,2,6-7H2,1H3. The van der Waals surface area contributed by atoms with E-state index in [9.17, 15) is 14.9 Å². The van der Waals surface area contributed by atoms with E-state index in [1.54, 1.807) is 13.0 Å². The van der Waals surface area contributed by atoms with Gasteiger partial charge >= 0.3 is 5.97 Å². The lowest BCUT2D eigenvalue weighted by Crippen LogP contribution is -2.24. The molecule has 0 saturated heterocycles. The summed E-state index contributed by atoms with van der Waals surface area (Å²) in [6.07, 6.45) is 0. The number of benzene rings is 1. The first kappa shape index (κ1) is 14.4. The highest BCUT2D eigenvalue weighted by Gasteiger charge is 2.16. The molecular weight excluding hydrogens is 260 g/mol. The molecule has 0 fully saturated rings. The van der Waals surface area contributed by atoms with Crippen LogP contribution in [-0.4, -0.2) is 24.0 Å². The van der Waals surface area contributed by atoms with E-state index in [1.807, 2.05) is 0 Å². The van der Waals surface area contributed by atoms with Crippen LogP contribution in [0.4, 0.5) is 5.69 Å². The first-order valence-corrected chi connectivity index (χ1v) is 5.72. The van der Waals surface area contributed by atoms with Crippen molar-refractivity contribution in [2.75, 3.05) is 13.2 Å². The predicted molar refractivity (Wildman–Crippen MR) is 66.4 cm³/mol. The molecule has 1 N–H and O–H groups in total. The molecule has 0 aliphatic rings. The fraction of sp³-hybridized carbons (Fsp3) is 0.364.